The lowest BCUT2D eigenvalue weighted by molar-refractivity contribution is -0.153. The summed E-state index contributed by atoms with van der Waals surface area (Å²) in [4.78, 5) is 27.3. The zero-order valence-corrected chi connectivity index (χ0v) is 26.5. The summed E-state index contributed by atoms with van der Waals surface area (Å²) in [5.74, 6) is 1.30. The van der Waals surface area contributed by atoms with Crippen LogP contribution in [0.1, 0.15) is 55.5 Å². The highest BCUT2D eigenvalue weighted by Gasteiger charge is 2.28. The molecule has 45 heavy (non-hydrogen) atoms. The Hall–Kier alpha value is -4.69. The summed E-state index contributed by atoms with van der Waals surface area (Å²) in [6, 6.07) is 24.4. The van der Waals surface area contributed by atoms with Crippen LogP contribution in [-0.2, 0) is 27.3 Å². The largest absolute Gasteiger partial charge is 0.486 e. The van der Waals surface area contributed by atoms with Gasteiger partial charge in [0, 0.05) is 18.2 Å². The zero-order valence-electron chi connectivity index (χ0n) is 26.5. The van der Waals surface area contributed by atoms with Gasteiger partial charge in [-0.05, 0) is 97.7 Å². The summed E-state index contributed by atoms with van der Waals surface area (Å²) in [6.07, 6.45) is 2.36. The van der Waals surface area contributed by atoms with E-state index < -0.39 is 5.60 Å². The van der Waals surface area contributed by atoms with Gasteiger partial charge >= 0.3 is 5.97 Å². The Kier molecular flexibility index (Phi) is 9.83. The lowest BCUT2D eigenvalue weighted by atomic mass is 9.89. The first kappa shape index (κ1) is 31.7. The summed E-state index contributed by atoms with van der Waals surface area (Å²) in [7, 11) is 1.58. The van der Waals surface area contributed by atoms with E-state index in [1.807, 2.05) is 57.2 Å². The first-order chi connectivity index (χ1) is 21.7. The normalized spacial score (nSPS) is 14.0. The maximum Gasteiger partial charge on any atom is 0.320 e. The third kappa shape index (κ3) is 7.70. The molecule has 3 aromatic carbocycles. The molecule has 0 fully saturated rings. The van der Waals surface area contributed by atoms with Crippen LogP contribution in [0.5, 0.6) is 17.5 Å². The number of methoxy groups -OCH3 is 1. The first-order valence-corrected chi connectivity index (χ1v) is 15.2. The average molecular weight is 609 g/mol. The number of hydrogen-bond acceptors (Lipinski definition) is 8. The Morgan fingerprint density at radius 3 is 2.44 bits per heavy atom. The highest BCUT2D eigenvalue weighted by atomic mass is 16.6. The summed E-state index contributed by atoms with van der Waals surface area (Å²) in [6.45, 7) is 8.22. The maximum absolute atomic E-state index is 12.0. The van der Waals surface area contributed by atoms with Crippen LogP contribution >= 0.6 is 0 Å². The number of carbonyl (C=O) groups excluding carboxylic acids is 2. The number of hydrogen-bond donors (Lipinski definition) is 1. The van der Waals surface area contributed by atoms with Gasteiger partial charge in [-0.1, -0.05) is 48.5 Å². The number of nitrogens with zero attached hydrogens (tertiary/aromatic N) is 1. The summed E-state index contributed by atoms with van der Waals surface area (Å²) >= 11 is 0. The Bertz CT molecular complexity index is 1660. The molecule has 8 nitrogen and oxygen atoms in total. The van der Waals surface area contributed by atoms with E-state index >= 15 is 0 Å². The smallest absolute Gasteiger partial charge is 0.320 e. The van der Waals surface area contributed by atoms with E-state index in [4.69, 9.17) is 18.9 Å². The van der Waals surface area contributed by atoms with Crippen molar-refractivity contribution >= 4 is 12.3 Å². The van der Waals surface area contributed by atoms with Crippen molar-refractivity contribution in [3.05, 3.63) is 95.1 Å². The SMILES string of the molecule is COc1nc(O[C@H]2CCc3c(-c4cccc(-c5ccc(OCC=O)cc5)c4C)cccc32)ccc1CNCC(=O)OC(C)(C)C. The third-order valence-corrected chi connectivity index (χ3v) is 7.70. The van der Waals surface area contributed by atoms with E-state index in [0.29, 0.717) is 24.1 Å². The topological polar surface area (TPSA) is 96.0 Å². The minimum absolute atomic E-state index is 0.0431. The third-order valence-electron chi connectivity index (χ3n) is 7.70. The van der Waals surface area contributed by atoms with Crippen molar-refractivity contribution in [3.63, 3.8) is 0 Å². The van der Waals surface area contributed by atoms with Gasteiger partial charge in [0.1, 0.15) is 24.1 Å². The lowest BCUT2D eigenvalue weighted by Gasteiger charge is -2.20. The van der Waals surface area contributed by atoms with Crippen molar-refractivity contribution in [2.45, 2.75) is 58.8 Å². The second-order valence-corrected chi connectivity index (χ2v) is 12.0. The molecule has 1 aliphatic carbocycles. The number of nitrogens with one attached hydrogen (secondary N) is 1. The van der Waals surface area contributed by atoms with Gasteiger partial charge in [0.05, 0.1) is 13.7 Å². The van der Waals surface area contributed by atoms with Crippen LogP contribution in [-0.4, -0.2) is 43.1 Å². The monoisotopic (exact) mass is 608 g/mol. The number of pyridine rings is 1. The number of carbonyl (C=O) groups is 2. The predicted molar refractivity (Wildman–Crippen MR) is 174 cm³/mol. The molecule has 0 spiro atoms. The molecule has 1 aromatic heterocycles. The van der Waals surface area contributed by atoms with Crippen molar-refractivity contribution in [3.8, 4) is 39.8 Å². The number of benzene rings is 3. The molecule has 0 saturated carbocycles. The van der Waals surface area contributed by atoms with Crippen LogP contribution in [0.15, 0.2) is 72.8 Å². The molecule has 0 radical (unpaired) electrons. The fourth-order valence-corrected chi connectivity index (χ4v) is 5.74. The van der Waals surface area contributed by atoms with E-state index in [1.165, 1.54) is 22.3 Å². The van der Waals surface area contributed by atoms with Crippen LogP contribution in [0, 0.1) is 6.92 Å². The molecule has 4 aromatic rings. The van der Waals surface area contributed by atoms with Gasteiger partial charge < -0.3 is 24.3 Å². The molecular weight excluding hydrogens is 568 g/mol. The van der Waals surface area contributed by atoms with Gasteiger partial charge in [-0.2, -0.15) is 4.98 Å². The zero-order chi connectivity index (χ0) is 32.0. The molecule has 1 atom stereocenters. The Balaban J connectivity index is 1.31. The first-order valence-electron chi connectivity index (χ1n) is 15.2. The molecule has 0 aliphatic heterocycles. The van der Waals surface area contributed by atoms with Crippen molar-refractivity contribution < 1.29 is 28.5 Å². The molecule has 1 aliphatic rings. The molecule has 0 bridgehead atoms. The van der Waals surface area contributed by atoms with E-state index in [0.717, 1.165) is 41.4 Å². The summed E-state index contributed by atoms with van der Waals surface area (Å²) < 4.78 is 22.8. The molecule has 1 heterocycles. The number of rotatable bonds is 12. The maximum atomic E-state index is 12.0. The highest BCUT2D eigenvalue weighted by Crippen LogP contribution is 2.42. The second-order valence-electron chi connectivity index (χ2n) is 12.0. The van der Waals surface area contributed by atoms with Gasteiger partial charge in [0.15, 0.2) is 6.29 Å². The number of fused-ring (bicyclic) bond motifs is 1. The van der Waals surface area contributed by atoms with Crippen molar-refractivity contribution in [2.75, 3.05) is 20.3 Å². The minimum Gasteiger partial charge on any atom is -0.486 e. The molecule has 234 valence electrons. The summed E-state index contributed by atoms with van der Waals surface area (Å²) in [5.41, 5.74) is 8.57. The van der Waals surface area contributed by atoms with Crippen LogP contribution in [0.4, 0.5) is 0 Å². The molecule has 8 heteroatoms. The van der Waals surface area contributed by atoms with Crippen LogP contribution < -0.4 is 19.5 Å². The predicted octanol–water partition coefficient (Wildman–Crippen LogP) is 6.81. The number of aromatic nitrogens is 1. The Morgan fingerprint density at radius 1 is 0.978 bits per heavy atom. The van der Waals surface area contributed by atoms with Gasteiger partial charge in [-0.3, -0.25) is 9.59 Å². The van der Waals surface area contributed by atoms with Gasteiger partial charge in [-0.15, -0.1) is 0 Å². The number of esters is 1. The Morgan fingerprint density at radius 2 is 1.71 bits per heavy atom. The van der Waals surface area contributed by atoms with Crippen LogP contribution in [0.25, 0.3) is 22.3 Å². The van der Waals surface area contributed by atoms with Crippen molar-refractivity contribution in [1.82, 2.24) is 10.3 Å². The van der Waals surface area contributed by atoms with Gasteiger partial charge in [-0.25, -0.2) is 0 Å². The summed E-state index contributed by atoms with van der Waals surface area (Å²) in [5, 5.41) is 3.10. The van der Waals surface area contributed by atoms with Crippen molar-refractivity contribution in [1.29, 1.82) is 0 Å². The second kappa shape index (κ2) is 13.9. The molecule has 5 rings (SSSR count). The standard InChI is InChI=1S/C37H40N2O6/c1-24-28(25-12-15-27(16-13-25)43-21-20-40)8-6-9-29(24)30-10-7-11-32-31(30)17-18-33(32)44-34-19-14-26(36(39-34)42-5)22-38-23-35(41)45-37(2,3)4/h6-16,19-20,33,38H,17-18,21-23H2,1-5H3/t33-/m0/s1. The van der Waals surface area contributed by atoms with Crippen molar-refractivity contribution in [2.24, 2.45) is 0 Å². The van der Waals surface area contributed by atoms with E-state index in [2.05, 4.69) is 53.6 Å². The molecule has 0 unspecified atom stereocenters. The Labute approximate surface area is 264 Å². The minimum atomic E-state index is -0.526. The quantitative estimate of drug-likeness (QED) is 0.139. The van der Waals surface area contributed by atoms with Gasteiger partial charge in [0.2, 0.25) is 11.8 Å². The number of aldehydes is 1. The van der Waals surface area contributed by atoms with E-state index in [1.54, 1.807) is 7.11 Å². The molecule has 1 N–H and O–H groups in total. The number of ether oxygens (including phenoxy) is 4. The van der Waals surface area contributed by atoms with Crippen LogP contribution in [0.3, 0.4) is 0 Å². The van der Waals surface area contributed by atoms with Gasteiger partial charge in [0.25, 0.3) is 0 Å². The van der Waals surface area contributed by atoms with E-state index in [-0.39, 0.29) is 25.2 Å². The highest BCUT2D eigenvalue weighted by molar-refractivity contribution is 5.80. The average Bonchev–Trinajstić information content (AvgIpc) is 3.43. The van der Waals surface area contributed by atoms with Crippen LogP contribution in [0.2, 0.25) is 0 Å². The molecule has 0 saturated heterocycles. The fraction of sp³-hybridized carbons (Fsp3) is 0.324. The molecule has 0 amide bonds. The molecular formula is C37H40N2O6. The van der Waals surface area contributed by atoms with E-state index in [9.17, 15) is 9.59 Å². The fourth-order valence-electron chi connectivity index (χ4n) is 5.74. The lowest BCUT2D eigenvalue weighted by Crippen LogP contribution is -2.31.